The molecule has 0 radical (unpaired) electrons. The van der Waals surface area contributed by atoms with Crippen LogP contribution in [0.2, 0.25) is 0 Å². The molecular weight excluding hydrogens is 199 g/mol. The second-order valence-corrected chi connectivity index (χ2v) is 3.29. The van der Waals surface area contributed by atoms with Crippen LogP contribution < -0.4 is 0 Å². The van der Waals surface area contributed by atoms with Crippen LogP contribution in [0, 0.1) is 5.82 Å². The zero-order valence-corrected chi connectivity index (χ0v) is 8.40. The minimum atomic E-state index is -0.821. The monoisotopic (exact) mass is 214 g/mol. The summed E-state index contributed by atoms with van der Waals surface area (Å²) in [4.78, 5) is 0. The predicted octanol–water partition coefficient (Wildman–Crippen LogP) is 0.738. The van der Waals surface area contributed by atoms with Crippen LogP contribution in [-0.2, 0) is 11.2 Å². The quantitative estimate of drug-likeness (QED) is 0.687. The van der Waals surface area contributed by atoms with E-state index in [4.69, 9.17) is 14.9 Å². The largest absolute Gasteiger partial charge is 0.394 e. The fourth-order valence-electron chi connectivity index (χ4n) is 1.11. The van der Waals surface area contributed by atoms with Crippen molar-refractivity contribution in [3.8, 4) is 0 Å². The van der Waals surface area contributed by atoms with Crippen molar-refractivity contribution >= 4 is 0 Å². The summed E-state index contributed by atoms with van der Waals surface area (Å²) in [5, 5.41) is 17.5. The molecule has 84 valence electrons. The highest BCUT2D eigenvalue weighted by Crippen LogP contribution is 2.03. The van der Waals surface area contributed by atoms with Crippen LogP contribution in [0.25, 0.3) is 0 Å². The molecule has 0 aliphatic rings. The summed E-state index contributed by atoms with van der Waals surface area (Å²) in [7, 11) is 0. The normalized spacial score (nSPS) is 12.7. The fraction of sp³-hybridized carbons (Fsp3) is 0.455. The molecule has 0 aliphatic heterocycles. The van der Waals surface area contributed by atoms with E-state index < -0.39 is 6.10 Å². The molecule has 1 rings (SSSR count). The molecule has 0 aliphatic carbocycles. The average molecular weight is 214 g/mol. The maximum atomic E-state index is 12.5. The van der Waals surface area contributed by atoms with Gasteiger partial charge in [-0.25, -0.2) is 4.39 Å². The highest BCUT2D eigenvalue weighted by Gasteiger charge is 2.01. The lowest BCUT2D eigenvalue weighted by Crippen LogP contribution is -2.20. The Hall–Kier alpha value is -0.970. The van der Waals surface area contributed by atoms with Gasteiger partial charge in [0, 0.05) is 0 Å². The van der Waals surface area contributed by atoms with Gasteiger partial charge in [0.25, 0.3) is 0 Å². The summed E-state index contributed by atoms with van der Waals surface area (Å²) < 4.78 is 17.7. The lowest BCUT2D eigenvalue weighted by Gasteiger charge is -2.07. The standard InChI is InChI=1S/C11H15FO3/c12-10-3-1-9(2-4-10)5-6-15-8-11(14)7-13/h1-4,11,13-14H,5-8H2/t11-/m0/s1. The van der Waals surface area contributed by atoms with Crippen LogP contribution in [-0.4, -0.2) is 36.1 Å². The molecule has 3 nitrogen and oxygen atoms in total. The number of rotatable bonds is 6. The fourth-order valence-corrected chi connectivity index (χ4v) is 1.11. The summed E-state index contributed by atoms with van der Waals surface area (Å²) in [5.41, 5.74) is 0.981. The van der Waals surface area contributed by atoms with Crippen LogP contribution in [0.4, 0.5) is 4.39 Å². The highest BCUT2D eigenvalue weighted by molar-refractivity contribution is 5.15. The number of halogens is 1. The molecule has 1 atom stereocenters. The number of benzene rings is 1. The van der Waals surface area contributed by atoms with E-state index in [1.54, 1.807) is 12.1 Å². The van der Waals surface area contributed by atoms with Crippen molar-refractivity contribution < 1.29 is 19.3 Å². The summed E-state index contributed by atoms with van der Waals surface area (Å²) in [6.07, 6.45) is -0.156. The molecule has 0 fully saturated rings. The van der Waals surface area contributed by atoms with E-state index in [1.165, 1.54) is 12.1 Å². The SMILES string of the molecule is OC[C@H](O)COCCc1ccc(F)cc1. The van der Waals surface area contributed by atoms with Crippen molar-refractivity contribution in [2.24, 2.45) is 0 Å². The van der Waals surface area contributed by atoms with Gasteiger partial charge in [0.05, 0.1) is 19.8 Å². The summed E-state index contributed by atoms with van der Waals surface area (Å²) in [5.74, 6) is -0.254. The van der Waals surface area contributed by atoms with Crippen LogP contribution in [0.5, 0.6) is 0 Å². The van der Waals surface area contributed by atoms with Crippen molar-refractivity contribution in [3.63, 3.8) is 0 Å². The van der Waals surface area contributed by atoms with Gasteiger partial charge in [0.15, 0.2) is 0 Å². The van der Waals surface area contributed by atoms with Crippen molar-refractivity contribution in [1.29, 1.82) is 0 Å². The lowest BCUT2D eigenvalue weighted by molar-refractivity contribution is 0.00722. The number of hydrogen-bond donors (Lipinski definition) is 2. The molecule has 15 heavy (non-hydrogen) atoms. The Balaban J connectivity index is 2.17. The maximum Gasteiger partial charge on any atom is 0.123 e. The summed E-state index contributed by atoms with van der Waals surface area (Å²) in [6.45, 7) is 0.275. The molecule has 0 bridgehead atoms. The molecule has 0 amide bonds. The van der Waals surface area contributed by atoms with E-state index in [0.717, 1.165) is 5.56 Å². The Morgan fingerprint density at radius 1 is 1.27 bits per heavy atom. The highest BCUT2D eigenvalue weighted by atomic mass is 19.1. The Bertz CT molecular complexity index is 274. The molecule has 4 heteroatoms. The van der Waals surface area contributed by atoms with Gasteiger partial charge in [-0.15, -0.1) is 0 Å². The summed E-state index contributed by atoms with van der Waals surface area (Å²) in [6, 6.07) is 6.19. The van der Waals surface area contributed by atoms with E-state index in [9.17, 15) is 4.39 Å². The molecule has 0 saturated heterocycles. The number of aliphatic hydroxyl groups excluding tert-OH is 2. The first-order valence-electron chi connectivity index (χ1n) is 4.83. The molecule has 0 heterocycles. The van der Waals surface area contributed by atoms with Crippen LogP contribution in [0.1, 0.15) is 5.56 Å². The Labute approximate surface area is 88.1 Å². The first-order chi connectivity index (χ1) is 7.22. The van der Waals surface area contributed by atoms with Gasteiger partial charge in [0.1, 0.15) is 11.9 Å². The third kappa shape index (κ3) is 4.88. The second kappa shape index (κ2) is 6.50. The number of aliphatic hydroxyl groups is 2. The van der Waals surface area contributed by atoms with Gasteiger partial charge < -0.3 is 14.9 Å². The molecule has 1 aromatic rings. The third-order valence-electron chi connectivity index (χ3n) is 1.97. The van der Waals surface area contributed by atoms with Crippen LogP contribution in [0.3, 0.4) is 0 Å². The van der Waals surface area contributed by atoms with E-state index in [0.29, 0.717) is 13.0 Å². The van der Waals surface area contributed by atoms with Crippen molar-refractivity contribution in [3.05, 3.63) is 35.6 Å². The molecule has 0 unspecified atom stereocenters. The topological polar surface area (TPSA) is 49.7 Å². The van der Waals surface area contributed by atoms with Gasteiger partial charge >= 0.3 is 0 Å². The molecule has 0 saturated carbocycles. The van der Waals surface area contributed by atoms with Gasteiger partial charge in [-0.05, 0) is 24.1 Å². The minimum Gasteiger partial charge on any atom is -0.394 e. The van der Waals surface area contributed by atoms with Crippen molar-refractivity contribution in [2.75, 3.05) is 19.8 Å². The Kier molecular flexibility index (Phi) is 5.25. The van der Waals surface area contributed by atoms with Gasteiger partial charge in [-0.3, -0.25) is 0 Å². The van der Waals surface area contributed by atoms with E-state index >= 15 is 0 Å². The third-order valence-corrected chi connectivity index (χ3v) is 1.97. The van der Waals surface area contributed by atoms with Gasteiger partial charge in [0.2, 0.25) is 0 Å². The lowest BCUT2D eigenvalue weighted by atomic mass is 10.2. The van der Waals surface area contributed by atoms with E-state index in [1.807, 2.05) is 0 Å². The average Bonchev–Trinajstić information content (AvgIpc) is 2.26. The zero-order valence-electron chi connectivity index (χ0n) is 8.40. The Morgan fingerprint density at radius 2 is 1.93 bits per heavy atom. The minimum absolute atomic E-state index is 0.123. The first-order valence-corrected chi connectivity index (χ1v) is 4.83. The van der Waals surface area contributed by atoms with Crippen LogP contribution >= 0.6 is 0 Å². The maximum absolute atomic E-state index is 12.5. The predicted molar refractivity (Wildman–Crippen MR) is 54.0 cm³/mol. The van der Waals surface area contributed by atoms with Gasteiger partial charge in [-0.2, -0.15) is 0 Å². The Morgan fingerprint density at radius 3 is 2.53 bits per heavy atom. The molecule has 0 spiro atoms. The molecule has 1 aromatic carbocycles. The van der Waals surface area contributed by atoms with Crippen LogP contribution in [0.15, 0.2) is 24.3 Å². The van der Waals surface area contributed by atoms with E-state index in [-0.39, 0.29) is 19.0 Å². The van der Waals surface area contributed by atoms with Crippen molar-refractivity contribution in [2.45, 2.75) is 12.5 Å². The first kappa shape index (κ1) is 12.1. The van der Waals surface area contributed by atoms with E-state index in [2.05, 4.69) is 0 Å². The van der Waals surface area contributed by atoms with Gasteiger partial charge in [-0.1, -0.05) is 12.1 Å². The molecular formula is C11H15FO3. The molecule has 2 N–H and O–H groups in total. The smallest absolute Gasteiger partial charge is 0.123 e. The zero-order chi connectivity index (χ0) is 11.1. The molecule has 0 aromatic heterocycles. The van der Waals surface area contributed by atoms with Crippen molar-refractivity contribution in [1.82, 2.24) is 0 Å². The summed E-state index contributed by atoms with van der Waals surface area (Å²) >= 11 is 0. The second-order valence-electron chi connectivity index (χ2n) is 3.29. The number of hydrogen-bond acceptors (Lipinski definition) is 3. The number of ether oxygens (including phenoxy) is 1.